The lowest BCUT2D eigenvalue weighted by atomic mass is 9.83. The molecule has 2 rings (SSSR count). The van der Waals surface area contributed by atoms with Gasteiger partial charge in [-0.3, -0.25) is 4.79 Å². The Balaban J connectivity index is 1.71. The second kappa shape index (κ2) is 16.7. The predicted octanol–water partition coefficient (Wildman–Crippen LogP) is 9.50. The van der Waals surface area contributed by atoms with Crippen molar-refractivity contribution in [2.75, 3.05) is 0 Å². The maximum atomic E-state index is 12.3. The first-order valence-corrected chi connectivity index (χ1v) is 13.3. The highest BCUT2D eigenvalue weighted by Crippen LogP contribution is 2.32. The Morgan fingerprint density at radius 1 is 0.594 bits per heavy atom. The lowest BCUT2D eigenvalue weighted by Crippen LogP contribution is -2.13. The zero-order chi connectivity index (χ0) is 22.9. The van der Waals surface area contributed by atoms with Gasteiger partial charge < -0.3 is 0 Å². The Morgan fingerprint density at radius 3 is 1.47 bits per heavy atom. The van der Waals surface area contributed by atoms with Gasteiger partial charge >= 0.3 is 0 Å². The van der Waals surface area contributed by atoms with Crippen LogP contribution in [0.15, 0.2) is 60.7 Å². The molecule has 0 aliphatic heterocycles. The van der Waals surface area contributed by atoms with Crippen LogP contribution in [0.1, 0.15) is 121 Å². The summed E-state index contributed by atoms with van der Waals surface area (Å²) >= 11 is 0. The number of rotatable bonds is 18. The largest absolute Gasteiger partial charge is 0.300 e. The van der Waals surface area contributed by atoms with Gasteiger partial charge in [-0.25, -0.2) is 0 Å². The third-order valence-corrected chi connectivity index (χ3v) is 6.94. The van der Waals surface area contributed by atoms with Crippen LogP contribution in [0.25, 0.3) is 0 Å². The standard InChI is InChI=1S/C31H46O/c1-3-4-5-6-7-8-9-10-11-12-15-20-28(27(2)32)25-26-31(29-21-16-13-17-22-29)30-23-18-14-19-24-30/h13-14,16-19,21-24,28,31H,3-12,15,20,25-26H2,1-2H3. The number of Topliss-reactive ketones (excluding diaryl/α,β-unsaturated/α-hetero) is 1. The number of unbranched alkanes of at least 4 members (excludes halogenated alkanes) is 10. The summed E-state index contributed by atoms with van der Waals surface area (Å²) in [5, 5.41) is 0. The summed E-state index contributed by atoms with van der Waals surface area (Å²) in [6.45, 7) is 4.07. The van der Waals surface area contributed by atoms with E-state index >= 15 is 0 Å². The van der Waals surface area contributed by atoms with Crippen LogP contribution < -0.4 is 0 Å². The van der Waals surface area contributed by atoms with Crippen molar-refractivity contribution in [3.8, 4) is 0 Å². The molecule has 0 aliphatic rings. The summed E-state index contributed by atoms with van der Waals surface area (Å²) in [4.78, 5) is 12.3. The normalized spacial score (nSPS) is 12.2. The molecule has 0 bridgehead atoms. The van der Waals surface area contributed by atoms with E-state index in [1.165, 1.54) is 81.8 Å². The maximum Gasteiger partial charge on any atom is 0.132 e. The third-order valence-electron chi connectivity index (χ3n) is 6.94. The number of benzene rings is 2. The molecule has 176 valence electrons. The number of hydrogen-bond acceptors (Lipinski definition) is 1. The van der Waals surface area contributed by atoms with Crippen molar-refractivity contribution in [2.45, 2.75) is 110 Å². The molecule has 1 heteroatoms. The molecule has 0 aromatic heterocycles. The first-order chi connectivity index (χ1) is 15.7. The van der Waals surface area contributed by atoms with Crippen molar-refractivity contribution < 1.29 is 4.79 Å². The van der Waals surface area contributed by atoms with Gasteiger partial charge in [-0.05, 0) is 37.3 Å². The molecule has 2 aromatic rings. The maximum absolute atomic E-state index is 12.3. The lowest BCUT2D eigenvalue weighted by molar-refractivity contribution is -0.121. The molecule has 1 unspecified atom stereocenters. The van der Waals surface area contributed by atoms with Crippen LogP contribution in [0, 0.1) is 5.92 Å². The SMILES string of the molecule is CCCCCCCCCCCCCC(CCC(c1ccccc1)c1ccccc1)C(C)=O. The molecule has 32 heavy (non-hydrogen) atoms. The molecule has 0 spiro atoms. The van der Waals surface area contributed by atoms with E-state index in [0.29, 0.717) is 11.7 Å². The molecule has 0 saturated heterocycles. The van der Waals surface area contributed by atoms with E-state index in [4.69, 9.17) is 0 Å². The smallest absolute Gasteiger partial charge is 0.132 e. The Kier molecular flexibility index (Phi) is 13.8. The average molecular weight is 435 g/mol. The Hall–Kier alpha value is -1.89. The van der Waals surface area contributed by atoms with E-state index < -0.39 is 0 Å². The van der Waals surface area contributed by atoms with Crippen LogP contribution in [-0.4, -0.2) is 5.78 Å². The van der Waals surface area contributed by atoms with Crippen molar-refractivity contribution in [2.24, 2.45) is 5.92 Å². The predicted molar refractivity (Wildman–Crippen MR) is 139 cm³/mol. The van der Waals surface area contributed by atoms with E-state index in [9.17, 15) is 4.79 Å². The van der Waals surface area contributed by atoms with Gasteiger partial charge in [0.15, 0.2) is 0 Å². The summed E-state index contributed by atoms with van der Waals surface area (Å²) in [6.07, 6.45) is 18.0. The summed E-state index contributed by atoms with van der Waals surface area (Å²) in [7, 11) is 0. The summed E-state index contributed by atoms with van der Waals surface area (Å²) in [5.74, 6) is 0.956. The van der Waals surface area contributed by atoms with Gasteiger partial charge in [0.1, 0.15) is 5.78 Å². The fraction of sp³-hybridized carbons (Fsp3) is 0.581. The molecular formula is C31H46O. The average Bonchev–Trinajstić information content (AvgIpc) is 2.82. The monoisotopic (exact) mass is 434 g/mol. The Labute approximate surface area is 198 Å². The zero-order valence-corrected chi connectivity index (χ0v) is 20.7. The first kappa shape index (κ1) is 26.4. The number of carbonyl (C=O) groups is 1. The summed E-state index contributed by atoms with van der Waals surface area (Å²) in [6, 6.07) is 21.6. The van der Waals surface area contributed by atoms with Crippen molar-refractivity contribution in [1.29, 1.82) is 0 Å². The molecular weight excluding hydrogens is 388 g/mol. The number of carbonyl (C=O) groups excluding carboxylic acids is 1. The molecule has 0 aliphatic carbocycles. The van der Waals surface area contributed by atoms with Gasteiger partial charge in [0, 0.05) is 11.8 Å². The van der Waals surface area contributed by atoms with E-state index in [-0.39, 0.29) is 5.92 Å². The fourth-order valence-corrected chi connectivity index (χ4v) is 4.87. The molecule has 0 amide bonds. The van der Waals surface area contributed by atoms with E-state index in [1.807, 2.05) is 0 Å². The van der Waals surface area contributed by atoms with Gasteiger partial charge in [-0.1, -0.05) is 138 Å². The second-order valence-electron chi connectivity index (χ2n) is 9.58. The highest BCUT2D eigenvalue weighted by atomic mass is 16.1. The van der Waals surface area contributed by atoms with Crippen molar-refractivity contribution in [3.63, 3.8) is 0 Å². The Bertz CT molecular complexity index is 666. The van der Waals surface area contributed by atoms with Crippen LogP contribution in [0.4, 0.5) is 0 Å². The minimum absolute atomic E-state index is 0.212. The number of hydrogen-bond donors (Lipinski definition) is 0. The molecule has 2 aromatic carbocycles. The van der Waals surface area contributed by atoms with Gasteiger partial charge in [0.05, 0.1) is 0 Å². The molecule has 0 fully saturated rings. The van der Waals surface area contributed by atoms with Crippen molar-refractivity contribution in [3.05, 3.63) is 71.8 Å². The second-order valence-corrected chi connectivity index (χ2v) is 9.58. The minimum Gasteiger partial charge on any atom is -0.300 e. The van der Waals surface area contributed by atoms with Crippen molar-refractivity contribution in [1.82, 2.24) is 0 Å². The highest BCUT2D eigenvalue weighted by Gasteiger charge is 2.19. The van der Waals surface area contributed by atoms with Gasteiger partial charge in [0.25, 0.3) is 0 Å². The van der Waals surface area contributed by atoms with Gasteiger partial charge in [-0.15, -0.1) is 0 Å². The molecule has 0 heterocycles. The lowest BCUT2D eigenvalue weighted by Gasteiger charge is -2.21. The fourth-order valence-electron chi connectivity index (χ4n) is 4.87. The molecule has 1 nitrogen and oxygen atoms in total. The van der Waals surface area contributed by atoms with Crippen molar-refractivity contribution >= 4 is 5.78 Å². The quantitative estimate of drug-likeness (QED) is 0.213. The van der Waals surface area contributed by atoms with Crippen LogP contribution in [-0.2, 0) is 4.79 Å². The molecule has 0 N–H and O–H groups in total. The van der Waals surface area contributed by atoms with Crippen LogP contribution in [0.2, 0.25) is 0 Å². The highest BCUT2D eigenvalue weighted by molar-refractivity contribution is 5.78. The molecule has 1 atom stereocenters. The summed E-state index contributed by atoms with van der Waals surface area (Å²) < 4.78 is 0. The summed E-state index contributed by atoms with van der Waals surface area (Å²) in [5.41, 5.74) is 2.71. The van der Waals surface area contributed by atoms with Crippen LogP contribution in [0.5, 0.6) is 0 Å². The van der Waals surface area contributed by atoms with Crippen LogP contribution >= 0.6 is 0 Å². The van der Waals surface area contributed by atoms with E-state index in [0.717, 1.165) is 19.3 Å². The topological polar surface area (TPSA) is 17.1 Å². The minimum atomic E-state index is 0.212. The molecule has 0 radical (unpaired) electrons. The van der Waals surface area contributed by atoms with Gasteiger partial charge in [0.2, 0.25) is 0 Å². The van der Waals surface area contributed by atoms with Gasteiger partial charge in [-0.2, -0.15) is 0 Å². The van der Waals surface area contributed by atoms with Crippen LogP contribution in [0.3, 0.4) is 0 Å². The molecule has 0 saturated carbocycles. The third kappa shape index (κ3) is 10.6. The van der Waals surface area contributed by atoms with E-state index in [2.05, 4.69) is 67.6 Å². The zero-order valence-electron chi connectivity index (χ0n) is 20.7. The number of ketones is 1. The first-order valence-electron chi connectivity index (χ1n) is 13.3. The van der Waals surface area contributed by atoms with E-state index in [1.54, 1.807) is 6.92 Å². The Morgan fingerprint density at radius 2 is 1.03 bits per heavy atom.